The molecule has 0 spiro atoms. The zero-order chi connectivity index (χ0) is 15.9. The van der Waals surface area contributed by atoms with Crippen LogP contribution >= 0.6 is 23.8 Å². The highest BCUT2D eigenvalue weighted by atomic mass is 35.5. The molecule has 0 aliphatic rings. The Morgan fingerprint density at radius 3 is 2.45 bits per heavy atom. The fraction of sp³-hybridized carbons (Fsp3) is 0.278. The van der Waals surface area contributed by atoms with E-state index in [2.05, 4.69) is 48.7 Å². The second kappa shape index (κ2) is 8.16. The summed E-state index contributed by atoms with van der Waals surface area (Å²) in [4.78, 5) is 0. The van der Waals surface area contributed by atoms with E-state index in [4.69, 9.17) is 23.8 Å². The molecule has 0 aliphatic heterocycles. The van der Waals surface area contributed by atoms with E-state index >= 15 is 0 Å². The van der Waals surface area contributed by atoms with Crippen molar-refractivity contribution < 1.29 is 0 Å². The summed E-state index contributed by atoms with van der Waals surface area (Å²) in [6.07, 6.45) is 1.02. The molecule has 0 aromatic heterocycles. The molecule has 2 aromatic rings. The van der Waals surface area contributed by atoms with Gasteiger partial charge in [-0.3, -0.25) is 0 Å². The van der Waals surface area contributed by atoms with Crippen LogP contribution in [0.15, 0.2) is 54.6 Å². The van der Waals surface area contributed by atoms with Gasteiger partial charge in [0.2, 0.25) is 0 Å². The highest BCUT2D eigenvalue weighted by Gasteiger charge is 2.14. The van der Waals surface area contributed by atoms with Gasteiger partial charge in [0.1, 0.15) is 0 Å². The number of thiocarbonyl (C=S) groups is 1. The number of hydrogen-bond acceptors (Lipinski definition) is 1. The van der Waals surface area contributed by atoms with E-state index in [1.54, 1.807) is 0 Å². The maximum absolute atomic E-state index is 6.00. The van der Waals surface area contributed by atoms with Crippen molar-refractivity contribution in [3.8, 4) is 0 Å². The third-order valence-corrected chi connectivity index (χ3v) is 3.75. The maximum atomic E-state index is 6.00. The highest BCUT2D eigenvalue weighted by molar-refractivity contribution is 7.80. The molecule has 2 rings (SSSR count). The summed E-state index contributed by atoms with van der Waals surface area (Å²) in [5.74, 6) is 0.576. The van der Waals surface area contributed by atoms with Gasteiger partial charge in [0.15, 0.2) is 5.11 Å². The first-order valence-electron chi connectivity index (χ1n) is 7.42. The SMILES string of the molecule is CC(C)CC(NC(=S)Nc1cccc(Cl)c1)c1ccccc1. The van der Waals surface area contributed by atoms with Crippen molar-refractivity contribution in [2.45, 2.75) is 26.3 Å². The third-order valence-electron chi connectivity index (χ3n) is 3.30. The average Bonchev–Trinajstić information content (AvgIpc) is 2.47. The minimum absolute atomic E-state index is 0.195. The number of benzene rings is 2. The maximum Gasteiger partial charge on any atom is 0.171 e. The Bertz CT molecular complexity index is 613. The van der Waals surface area contributed by atoms with E-state index in [1.807, 2.05) is 30.3 Å². The van der Waals surface area contributed by atoms with Gasteiger partial charge in [0, 0.05) is 10.7 Å². The number of rotatable bonds is 5. The van der Waals surface area contributed by atoms with Crippen LogP contribution in [-0.2, 0) is 0 Å². The second-order valence-electron chi connectivity index (χ2n) is 5.70. The molecule has 0 aliphatic carbocycles. The van der Waals surface area contributed by atoms with Gasteiger partial charge in [0.05, 0.1) is 6.04 Å². The fourth-order valence-corrected chi connectivity index (χ4v) is 2.78. The molecule has 0 bridgehead atoms. The van der Waals surface area contributed by atoms with Crippen molar-refractivity contribution >= 4 is 34.6 Å². The van der Waals surface area contributed by atoms with Crippen molar-refractivity contribution in [1.29, 1.82) is 0 Å². The normalized spacial score (nSPS) is 12.0. The van der Waals surface area contributed by atoms with Crippen LogP contribution in [0.25, 0.3) is 0 Å². The van der Waals surface area contributed by atoms with E-state index in [1.165, 1.54) is 5.56 Å². The number of nitrogens with one attached hydrogen (secondary N) is 2. The molecule has 0 fully saturated rings. The molecule has 1 atom stereocenters. The molecule has 0 saturated carbocycles. The quantitative estimate of drug-likeness (QED) is 0.715. The van der Waals surface area contributed by atoms with Crippen molar-refractivity contribution in [3.05, 3.63) is 65.2 Å². The molecule has 2 nitrogen and oxygen atoms in total. The van der Waals surface area contributed by atoms with E-state index < -0.39 is 0 Å². The van der Waals surface area contributed by atoms with Crippen LogP contribution in [0.3, 0.4) is 0 Å². The molecule has 0 amide bonds. The van der Waals surface area contributed by atoms with Crippen molar-refractivity contribution in [2.24, 2.45) is 5.92 Å². The summed E-state index contributed by atoms with van der Waals surface area (Å²) in [6.45, 7) is 4.43. The summed E-state index contributed by atoms with van der Waals surface area (Å²) in [5, 5.41) is 7.90. The Morgan fingerprint density at radius 1 is 1.09 bits per heavy atom. The molecule has 0 radical (unpaired) electrons. The van der Waals surface area contributed by atoms with Gasteiger partial charge in [-0.2, -0.15) is 0 Å². The first-order valence-corrected chi connectivity index (χ1v) is 8.21. The molecule has 2 aromatic carbocycles. The summed E-state index contributed by atoms with van der Waals surface area (Å²) < 4.78 is 0. The summed E-state index contributed by atoms with van der Waals surface area (Å²) in [7, 11) is 0. The van der Waals surface area contributed by atoms with Crippen LogP contribution in [0.4, 0.5) is 5.69 Å². The minimum atomic E-state index is 0.195. The first kappa shape index (κ1) is 16.8. The lowest BCUT2D eigenvalue weighted by molar-refractivity contribution is 0.481. The van der Waals surface area contributed by atoms with E-state index in [-0.39, 0.29) is 6.04 Å². The molecule has 22 heavy (non-hydrogen) atoms. The zero-order valence-corrected chi connectivity index (χ0v) is 14.4. The van der Waals surface area contributed by atoms with E-state index in [0.717, 1.165) is 12.1 Å². The van der Waals surface area contributed by atoms with Gasteiger partial charge in [-0.1, -0.05) is 61.8 Å². The zero-order valence-electron chi connectivity index (χ0n) is 12.8. The largest absolute Gasteiger partial charge is 0.356 e. The predicted molar refractivity (Wildman–Crippen MR) is 99.4 cm³/mol. The Kier molecular flexibility index (Phi) is 6.22. The van der Waals surface area contributed by atoms with Gasteiger partial charge in [-0.15, -0.1) is 0 Å². The monoisotopic (exact) mass is 332 g/mol. The Balaban J connectivity index is 2.05. The Labute approximate surface area is 142 Å². The van der Waals surface area contributed by atoms with Gasteiger partial charge in [-0.25, -0.2) is 0 Å². The Hall–Kier alpha value is -1.58. The number of anilines is 1. The van der Waals surface area contributed by atoms with Crippen LogP contribution in [0, 0.1) is 5.92 Å². The van der Waals surface area contributed by atoms with Gasteiger partial charge >= 0.3 is 0 Å². The van der Waals surface area contributed by atoms with Crippen molar-refractivity contribution in [2.75, 3.05) is 5.32 Å². The predicted octanol–water partition coefficient (Wildman–Crippen LogP) is 5.41. The van der Waals surface area contributed by atoms with Crippen molar-refractivity contribution in [3.63, 3.8) is 0 Å². The van der Waals surface area contributed by atoms with E-state index in [9.17, 15) is 0 Å². The van der Waals surface area contributed by atoms with Gasteiger partial charge < -0.3 is 10.6 Å². The van der Waals surface area contributed by atoms with Crippen LogP contribution in [0.1, 0.15) is 31.9 Å². The summed E-state index contributed by atoms with van der Waals surface area (Å²) in [5.41, 5.74) is 2.13. The topological polar surface area (TPSA) is 24.1 Å². The first-order chi connectivity index (χ1) is 10.5. The standard InChI is InChI=1S/C18H21ClN2S/c1-13(2)11-17(14-7-4-3-5-8-14)21-18(22)20-16-10-6-9-15(19)12-16/h3-10,12-13,17H,11H2,1-2H3,(H2,20,21,22). The van der Waals surface area contributed by atoms with Gasteiger partial charge in [-0.05, 0) is 48.3 Å². The lowest BCUT2D eigenvalue weighted by atomic mass is 9.97. The van der Waals surface area contributed by atoms with Gasteiger partial charge in [0.25, 0.3) is 0 Å². The lowest BCUT2D eigenvalue weighted by Gasteiger charge is -2.23. The van der Waals surface area contributed by atoms with Crippen LogP contribution in [0.2, 0.25) is 5.02 Å². The number of hydrogen-bond donors (Lipinski definition) is 2. The smallest absolute Gasteiger partial charge is 0.171 e. The fourth-order valence-electron chi connectivity index (χ4n) is 2.33. The van der Waals surface area contributed by atoms with Crippen LogP contribution < -0.4 is 10.6 Å². The minimum Gasteiger partial charge on any atom is -0.356 e. The summed E-state index contributed by atoms with van der Waals surface area (Å²) >= 11 is 11.4. The number of halogens is 1. The van der Waals surface area contributed by atoms with Crippen molar-refractivity contribution in [1.82, 2.24) is 5.32 Å². The highest BCUT2D eigenvalue weighted by Crippen LogP contribution is 2.21. The lowest BCUT2D eigenvalue weighted by Crippen LogP contribution is -2.33. The third kappa shape index (κ3) is 5.32. The molecule has 4 heteroatoms. The van der Waals surface area contributed by atoms with Crippen LogP contribution in [-0.4, -0.2) is 5.11 Å². The average molecular weight is 333 g/mol. The second-order valence-corrected chi connectivity index (χ2v) is 6.55. The molecule has 1 unspecified atom stereocenters. The molecule has 116 valence electrons. The molecule has 2 N–H and O–H groups in total. The summed E-state index contributed by atoms with van der Waals surface area (Å²) in [6, 6.07) is 18.1. The Morgan fingerprint density at radius 2 is 1.82 bits per heavy atom. The van der Waals surface area contributed by atoms with Crippen LogP contribution in [0.5, 0.6) is 0 Å². The molecular weight excluding hydrogens is 312 g/mol. The molecular formula is C18H21ClN2S. The van der Waals surface area contributed by atoms with E-state index in [0.29, 0.717) is 16.1 Å². The molecule has 0 heterocycles. The molecule has 0 saturated heterocycles.